The fourth-order valence-corrected chi connectivity index (χ4v) is 3.04. The summed E-state index contributed by atoms with van der Waals surface area (Å²) in [5, 5.41) is 0.706. The van der Waals surface area contributed by atoms with Crippen molar-refractivity contribution in [2.24, 2.45) is 0 Å². The summed E-state index contributed by atoms with van der Waals surface area (Å²) in [7, 11) is 6.27. The van der Waals surface area contributed by atoms with Crippen molar-refractivity contribution in [2.75, 3.05) is 28.4 Å². The van der Waals surface area contributed by atoms with E-state index in [1.165, 1.54) is 31.3 Å². The van der Waals surface area contributed by atoms with Gasteiger partial charge in [-0.3, -0.25) is 4.79 Å². The molecule has 27 heavy (non-hydrogen) atoms. The van der Waals surface area contributed by atoms with E-state index in [4.69, 9.17) is 14.2 Å². The normalized spacial score (nSPS) is 10.7. The van der Waals surface area contributed by atoms with Crippen LogP contribution >= 0.6 is 0 Å². The van der Waals surface area contributed by atoms with Crippen LogP contribution in [-0.4, -0.2) is 44.2 Å². The van der Waals surface area contributed by atoms with E-state index >= 15 is 0 Å². The van der Waals surface area contributed by atoms with Crippen LogP contribution in [0.25, 0.3) is 10.9 Å². The summed E-state index contributed by atoms with van der Waals surface area (Å²) in [5.74, 6) is 0.973. The number of aromatic amines is 1. The molecule has 0 bridgehead atoms. The number of benzene rings is 2. The Labute approximate surface area is 156 Å². The van der Waals surface area contributed by atoms with Gasteiger partial charge in [0.2, 0.25) is 0 Å². The molecule has 1 heterocycles. The first-order chi connectivity index (χ1) is 13.0. The highest BCUT2D eigenvalue weighted by molar-refractivity contribution is 6.02. The molecule has 3 aromatic rings. The summed E-state index contributed by atoms with van der Waals surface area (Å²) in [6.07, 6.45) is 0. The number of aromatic nitrogens is 1. The number of nitrogens with one attached hydrogen (secondary N) is 1. The molecule has 1 amide bonds. The maximum atomic E-state index is 13.4. The van der Waals surface area contributed by atoms with Crippen molar-refractivity contribution < 1.29 is 23.4 Å². The third kappa shape index (κ3) is 3.53. The standard InChI is InChI=1S/C20H21FN2O4/c1-23(11-12-6-5-7-13(21)8-12)20(24)15-9-14-16(25-2)10-17(26-3)19(27-4)18(14)22-15/h5-10,22H,11H2,1-4H3. The first kappa shape index (κ1) is 18.6. The molecule has 142 valence electrons. The maximum absolute atomic E-state index is 13.4. The van der Waals surface area contributed by atoms with Gasteiger partial charge >= 0.3 is 0 Å². The molecule has 0 unspecified atom stereocenters. The SMILES string of the molecule is COc1cc(OC)c2cc(C(=O)N(C)Cc3cccc(F)c3)[nH]c2c1OC. The van der Waals surface area contributed by atoms with Gasteiger partial charge in [-0.1, -0.05) is 12.1 Å². The van der Waals surface area contributed by atoms with Gasteiger partial charge in [-0.25, -0.2) is 4.39 Å². The number of carbonyl (C=O) groups excluding carboxylic acids is 1. The molecule has 0 aliphatic heterocycles. The zero-order valence-electron chi connectivity index (χ0n) is 15.6. The Bertz CT molecular complexity index is 984. The third-order valence-electron chi connectivity index (χ3n) is 4.33. The summed E-state index contributed by atoms with van der Waals surface area (Å²) in [5.41, 5.74) is 1.68. The summed E-state index contributed by atoms with van der Waals surface area (Å²) >= 11 is 0. The molecule has 2 aromatic carbocycles. The molecule has 0 radical (unpaired) electrons. The van der Waals surface area contributed by atoms with E-state index < -0.39 is 0 Å². The van der Waals surface area contributed by atoms with Gasteiger partial charge < -0.3 is 24.1 Å². The third-order valence-corrected chi connectivity index (χ3v) is 4.33. The summed E-state index contributed by atoms with van der Waals surface area (Å²) in [4.78, 5) is 17.4. The Morgan fingerprint density at radius 1 is 1.07 bits per heavy atom. The van der Waals surface area contributed by atoms with Crippen molar-refractivity contribution >= 4 is 16.8 Å². The number of rotatable bonds is 6. The van der Waals surface area contributed by atoms with Crippen LogP contribution in [-0.2, 0) is 6.54 Å². The minimum atomic E-state index is -0.333. The smallest absolute Gasteiger partial charge is 0.270 e. The van der Waals surface area contributed by atoms with Crippen molar-refractivity contribution in [3.63, 3.8) is 0 Å². The van der Waals surface area contributed by atoms with E-state index in [1.54, 1.807) is 38.4 Å². The topological polar surface area (TPSA) is 63.8 Å². The van der Waals surface area contributed by atoms with Gasteiger partial charge in [-0.2, -0.15) is 0 Å². The molecular weight excluding hydrogens is 351 g/mol. The zero-order valence-corrected chi connectivity index (χ0v) is 15.6. The molecule has 1 N–H and O–H groups in total. The minimum Gasteiger partial charge on any atom is -0.496 e. The number of carbonyl (C=O) groups is 1. The van der Waals surface area contributed by atoms with E-state index in [9.17, 15) is 9.18 Å². The zero-order chi connectivity index (χ0) is 19.6. The number of halogens is 1. The monoisotopic (exact) mass is 372 g/mol. The largest absolute Gasteiger partial charge is 0.496 e. The Hall–Kier alpha value is -3.22. The van der Waals surface area contributed by atoms with Crippen molar-refractivity contribution in [1.29, 1.82) is 0 Å². The molecular formula is C20H21FN2O4. The van der Waals surface area contributed by atoms with Crippen LogP contribution in [0.5, 0.6) is 17.2 Å². The van der Waals surface area contributed by atoms with Crippen molar-refractivity contribution in [3.8, 4) is 17.2 Å². The fraction of sp³-hybridized carbons (Fsp3) is 0.250. The number of methoxy groups -OCH3 is 3. The summed E-state index contributed by atoms with van der Waals surface area (Å²) in [6.45, 7) is 0.281. The van der Waals surface area contributed by atoms with E-state index in [1.807, 2.05) is 0 Å². The Morgan fingerprint density at radius 3 is 2.44 bits per heavy atom. The molecule has 0 spiro atoms. The van der Waals surface area contributed by atoms with E-state index in [0.717, 1.165) is 0 Å². The number of fused-ring (bicyclic) bond motifs is 1. The van der Waals surface area contributed by atoms with Gasteiger partial charge in [0, 0.05) is 25.0 Å². The van der Waals surface area contributed by atoms with Crippen LogP contribution in [0, 0.1) is 5.82 Å². The molecule has 7 heteroatoms. The van der Waals surface area contributed by atoms with Crippen LogP contribution in [0.4, 0.5) is 4.39 Å². The Balaban J connectivity index is 1.97. The summed E-state index contributed by atoms with van der Waals surface area (Å²) in [6, 6.07) is 9.59. The van der Waals surface area contributed by atoms with Gasteiger partial charge in [-0.05, 0) is 23.8 Å². The quantitative estimate of drug-likeness (QED) is 0.718. The Morgan fingerprint density at radius 2 is 1.81 bits per heavy atom. The second kappa shape index (κ2) is 7.57. The predicted octanol–water partition coefficient (Wildman–Crippen LogP) is 3.61. The number of nitrogens with zero attached hydrogens (tertiary/aromatic N) is 1. The first-order valence-electron chi connectivity index (χ1n) is 8.30. The Kier molecular flexibility index (Phi) is 5.21. The van der Waals surface area contributed by atoms with E-state index in [-0.39, 0.29) is 18.3 Å². The van der Waals surface area contributed by atoms with Gasteiger partial charge in [0.15, 0.2) is 11.5 Å². The highest BCUT2D eigenvalue weighted by Gasteiger charge is 2.21. The number of hydrogen-bond donors (Lipinski definition) is 1. The summed E-state index contributed by atoms with van der Waals surface area (Å²) < 4.78 is 29.6. The number of ether oxygens (including phenoxy) is 3. The van der Waals surface area contributed by atoms with Gasteiger partial charge in [0.05, 0.1) is 26.8 Å². The lowest BCUT2D eigenvalue weighted by atomic mass is 10.2. The maximum Gasteiger partial charge on any atom is 0.270 e. The molecule has 0 aliphatic rings. The van der Waals surface area contributed by atoms with Gasteiger partial charge in [-0.15, -0.1) is 0 Å². The molecule has 3 rings (SSSR count). The van der Waals surface area contributed by atoms with Gasteiger partial charge in [0.1, 0.15) is 17.3 Å². The second-order valence-corrected chi connectivity index (χ2v) is 6.08. The first-order valence-corrected chi connectivity index (χ1v) is 8.30. The molecule has 0 saturated heterocycles. The minimum absolute atomic E-state index is 0.237. The van der Waals surface area contributed by atoms with Crippen LogP contribution in [0.2, 0.25) is 0 Å². The molecule has 0 saturated carbocycles. The van der Waals surface area contributed by atoms with Crippen LogP contribution < -0.4 is 14.2 Å². The lowest BCUT2D eigenvalue weighted by molar-refractivity contribution is 0.0780. The van der Waals surface area contributed by atoms with Crippen molar-refractivity contribution in [1.82, 2.24) is 9.88 Å². The second-order valence-electron chi connectivity index (χ2n) is 6.08. The average Bonchev–Trinajstić information content (AvgIpc) is 3.11. The molecule has 0 fully saturated rings. The lowest BCUT2D eigenvalue weighted by Crippen LogP contribution is -2.26. The fourth-order valence-electron chi connectivity index (χ4n) is 3.04. The highest BCUT2D eigenvalue weighted by Crippen LogP contribution is 2.41. The highest BCUT2D eigenvalue weighted by atomic mass is 19.1. The lowest BCUT2D eigenvalue weighted by Gasteiger charge is -2.16. The molecule has 6 nitrogen and oxygen atoms in total. The number of hydrogen-bond acceptors (Lipinski definition) is 4. The van der Waals surface area contributed by atoms with Crippen molar-refractivity contribution in [2.45, 2.75) is 6.54 Å². The van der Waals surface area contributed by atoms with Crippen LogP contribution in [0.1, 0.15) is 16.1 Å². The predicted molar refractivity (Wildman–Crippen MR) is 100 cm³/mol. The average molecular weight is 372 g/mol. The van der Waals surface area contributed by atoms with E-state index in [0.29, 0.717) is 39.4 Å². The van der Waals surface area contributed by atoms with Gasteiger partial charge in [0.25, 0.3) is 5.91 Å². The van der Waals surface area contributed by atoms with Crippen molar-refractivity contribution in [3.05, 3.63) is 53.5 Å². The van der Waals surface area contributed by atoms with E-state index in [2.05, 4.69) is 4.98 Å². The molecule has 0 aliphatic carbocycles. The molecule has 1 aromatic heterocycles. The van der Waals surface area contributed by atoms with Crippen LogP contribution in [0.3, 0.4) is 0 Å². The molecule has 0 atom stereocenters. The number of H-pyrrole nitrogens is 1. The van der Waals surface area contributed by atoms with Crippen LogP contribution in [0.15, 0.2) is 36.4 Å². The number of amides is 1.